The van der Waals surface area contributed by atoms with Crippen LogP contribution in [0.4, 0.5) is 4.39 Å². The lowest BCUT2D eigenvalue weighted by Crippen LogP contribution is -1.96. The van der Waals surface area contributed by atoms with Crippen LogP contribution in [0, 0.1) is 10.6 Å². The van der Waals surface area contributed by atoms with E-state index in [4.69, 9.17) is 23.8 Å². The van der Waals surface area contributed by atoms with Crippen molar-refractivity contribution in [3.05, 3.63) is 52.0 Å². The molecular weight excluding hydrogens is 315 g/mol. The molecule has 6 heteroatoms. The van der Waals surface area contributed by atoms with E-state index < -0.39 is 5.82 Å². The molecule has 20 heavy (non-hydrogen) atoms. The van der Waals surface area contributed by atoms with Gasteiger partial charge in [-0.3, -0.25) is 4.57 Å². The Labute approximate surface area is 129 Å². The summed E-state index contributed by atoms with van der Waals surface area (Å²) in [6.07, 6.45) is 2.00. The average molecular weight is 325 g/mol. The van der Waals surface area contributed by atoms with Crippen LogP contribution in [0.1, 0.15) is 0 Å². The number of fused-ring (bicyclic) bond motifs is 1. The monoisotopic (exact) mass is 324 g/mol. The van der Waals surface area contributed by atoms with Gasteiger partial charge in [-0.05, 0) is 36.7 Å². The fraction of sp³-hybridized carbons (Fsp3) is 0.0714. The number of thioether (sulfide) groups is 1. The molecule has 0 radical (unpaired) electrons. The van der Waals surface area contributed by atoms with E-state index >= 15 is 0 Å². The summed E-state index contributed by atoms with van der Waals surface area (Å²) < 4.78 is 15.9. The maximum absolute atomic E-state index is 13.5. The Morgan fingerprint density at radius 1 is 1.30 bits per heavy atom. The molecule has 0 aliphatic rings. The van der Waals surface area contributed by atoms with Gasteiger partial charge in [-0.1, -0.05) is 23.7 Å². The van der Waals surface area contributed by atoms with Crippen LogP contribution in [0.2, 0.25) is 5.02 Å². The number of imidazole rings is 1. The third-order valence-electron chi connectivity index (χ3n) is 3.05. The van der Waals surface area contributed by atoms with Gasteiger partial charge in [0.2, 0.25) is 0 Å². The summed E-state index contributed by atoms with van der Waals surface area (Å²) in [5.74, 6) is -0.458. The maximum Gasteiger partial charge on any atom is 0.182 e. The molecule has 0 aliphatic heterocycles. The molecule has 3 aromatic rings. The highest BCUT2D eigenvalue weighted by Crippen LogP contribution is 2.29. The smallest absolute Gasteiger partial charge is 0.182 e. The van der Waals surface area contributed by atoms with E-state index in [1.807, 2.05) is 35.1 Å². The number of para-hydroxylation sites is 1. The molecule has 1 aromatic heterocycles. The molecule has 1 N–H and O–H groups in total. The van der Waals surface area contributed by atoms with Gasteiger partial charge in [0.25, 0.3) is 0 Å². The molecule has 0 unspecified atom stereocenters. The van der Waals surface area contributed by atoms with Gasteiger partial charge < -0.3 is 4.98 Å². The predicted octanol–water partition coefficient (Wildman–Crippen LogP) is 5.20. The number of hydrogen-bond donors (Lipinski definition) is 1. The number of H-pyrrole nitrogens is 1. The largest absolute Gasteiger partial charge is 0.330 e. The lowest BCUT2D eigenvalue weighted by molar-refractivity contribution is 0.630. The van der Waals surface area contributed by atoms with Gasteiger partial charge in [-0.2, -0.15) is 0 Å². The Morgan fingerprint density at radius 2 is 2.05 bits per heavy atom. The molecule has 0 amide bonds. The predicted molar refractivity (Wildman–Crippen MR) is 85.2 cm³/mol. The van der Waals surface area contributed by atoms with E-state index in [0.29, 0.717) is 10.3 Å². The number of hydrogen-bond acceptors (Lipinski definition) is 2. The SMILES string of the molecule is CSc1ccccc1-n1c(=S)[nH]c2cc(F)c(Cl)cc21. The second-order valence-corrected chi connectivity index (χ2v) is 5.86. The number of halogens is 2. The molecular formula is C14H10ClFN2S2. The van der Waals surface area contributed by atoms with E-state index in [0.717, 1.165) is 16.1 Å². The van der Waals surface area contributed by atoms with E-state index in [9.17, 15) is 4.39 Å². The zero-order valence-corrected chi connectivity index (χ0v) is 12.9. The van der Waals surface area contributed by atoms with Gasteiger partial charge >= 0.3 is 0 Å². The van der Waals surface area contributed by atoms with Crippen LogP contribution < -0.4 is 0 Å². The molecule has 0 bridgehead atoms. The van der Waals surface area contributed by atoms with Gasteiger partial charge in [0, 0.05) is 11.0 Å². The van der Waals surface area contributed by atoms with Crippen LogP contribution in [-0.2, 0) is 0 Å². The number of aromatic amines is 1. The summed E-state index contributed by atoms with van der Waals surface area (Å²) in [5.41, 5.74) is 2.36. The summed E-state index contributed by atoms with van der Waals surface area (Å²) in [5, 5.41) is 0.0851. The first kappa shape index (κ1) is 13.7. The van der Waals surface area contributed by atoms with E-state index in [1.165, 1.54) is 6.07 Å². The molecule has 1 heterocycles. The zero-order valence-electron chi connectivity index (χ0n) is 10.5. The number of aromatic nitrogens is 2. The molecule has 102 valence electrons. The van der Waals surface area contributed by atoms with Crippen molar-refractivity contribution in [1.29, 1.82) is 0 Å². The quantitative estimate of drug-likeness (QED) is 0.516. The van der Waals surface area contributed by atoms with Gasteiger partial charge in [-0.25, -0.2) is 4.39 Å². The third kappa shape index (κ3) is 2.16. The van der Waals surface area contributed by atoms with Crippen molar-refractivity contribution in [2.45, 2.75) is 4.90 Å². The fourth-order valence-electron chi connectivity index (χ4n) is 2.16. The van der Waals surface area contributed by atoms with Crippen molar-refractivity contribution in [1.82, 2.24) is 9.55 Å². The highest BCUT2D eigenvalue weighted by molar-refractivity contribution is 7.98. The summed E-state index contributed by atoms with van der Waals surface area (Å²) in [7, 11) is 0. The highest BCUT2D eigenvalue weighted by Gasteiger charge is 2.12. The molecule has 0 saturated carbocycles. The van der Waals surface area contributed by atoms with Crippen LogP contribution in [0.3, 0.4) is 0 Å². The Bertz CT molecular complexity index is 854. The lowest BCUT2D eigenvalue weighted by atomic mass is 10.2. The van der Waals surface area contributed by atoms with Crippen molar-refractivity contribution in [3.63, 3.8) is 0 Å². The second-order valence-electron chi connectivity index (χ2n) is 4.22. The molecule has 0 atom stereocenters. The maximum atomic E-state index is 13.5. The summed E-state index contributed by atoms with van der Waals surface area (Å²) in [6.45, 7) is 0. The van der Waals surface area contributed by atoms with Gasteiger partial charge in [0.1, 0.15) is 5.82 Å². The molecule has 0 fully saturated rings. The van der Waals surface area contributed by atoms with Gasteiger partial charge in [0.15, 0.2) is 4.77 Å². The summed E-state index contributed by atoms with van der Waals surface area (Å²) >= 11 is 12.9. The second kappa shape index (κ2) is 5.24. The number of nitrogens with zero attached hydrogens (tertiary/aromatic N) is 1. The number of benzene rings is 2. The Hall–Kier alpha value is -1.30. The first-order valence-corrected chi connectivity index (χ1v) is 7.86. The molecule has 3 rings (SSSR count). The minimum Gasteiger partial charge on any atom is -0.330 e. The van der Waals surface area contributed by atoms with Crippen LogP contribution in [0.25, 0.3) is 16.7 Å². The summed E-state index contributed by atoms with van der Waals surface area (Å²) in [6, 6.07) is 10.9. The van der Waals surface area contributed by atoms with Crippen molar-refractivity contribution in [3.8, 4) is 5.69 Å². The highest BCUT2D eigenvalue weighted by atomic mass is 35.5. The fourth-order valence-corrected chi connectivity index (χ4v) is 3.20. The van der Waals surface area contributed by atoms with Crippen LogP contribution in [0.15, 0.2) is 41.3 Å². The van der Waals surface area contributed by atoms with Crippen molar-refractivity contribution in [2.24, 2.45) is 0 Å². The van der Waals surface area contributed by atoms with Crippen molar-refractivity contribution >= 4 is 46.6 Å². The topological polar surface area (TPSA) is 20.7 Å². The summed E-state index contributed by atoms with van der Waals surface area (Å²) in [4.78, 5) is 4.10. The third-order valence-corrected chi connectivity index (χ3v) is 4.41. The van der Waals surface area contributed by atoms with Crippen molar-refractivity contribution in [2.75, 3.05) is 6.26 Å². The molecule has 0 aliphatic carbocycles. The number of rotatable bonds is 2. The standard InChI is InChI=1S/C14H10ClFN2S2/c1-20-13-5-3-2-4-11(13)18-12-6-8(15)9(16)7-10(12)17-14(18)19/h2-7H,1H3,(H,17,19). The van der Waals surface area contributed by atoms with Gasteiger partial charge in [0.05, 0.1) is 21.7 Å². The van der Waals surface area contributed by atoms with Crippen LogP contribution in [0.5, 0.6) is 0 Å². The normalized spacial score (nSPS) is 11.2. The molecule has 2 nitrogen and oxygen atoms in total. The Kier molecular flexibility index (Phi) is 3.58. The average Bonchev–Trinajstić information content (AvgIpc) is 2.74. The minimum absolute atomic E-state index is 0.0851. The first-order chi connectivity index (χ1) is 9.61. The van der Waals surface area contributed by atoms with Gasteiger partial charge in [-0.15, -0.1) is 11.8 Å². The molecule has 2 aromatic carbocycles. The van der Waals surface area contributed by atoms with Crippen LogP contribution in [-0.4, -0.2) is 15.8 Å². The molecule has 0 saturated heterocycles. The van der Waals surface area contributed by atoms with E-state index in [2.05, 4.69) is 4.98 Å². The van der Waals surface area contributed by atoms with Crippen LogP contribution >= 0.6 is 35.6 Å². The number of nitrogens with one attached hydrogen (secondary N) is 1. The minimum atomic E-state index is -0.458. The lowest BCUT2D eigenvalue weighted by Gasteiger charge is -2.09. The zero-order chi connectivity index (χ0) is 14.3. The first-order valence-electron chi connectivity index (χ1n) is 5.85. The Morgan fingerprint density at radius 3 is 2.80 bits per heavy atom. The van der Waals surface area contributed by atoms with Crippen molar-refractivity contribution < 1.29 is 4.39 Å². The molecule has 0 spiro atoms. The van der Waals surface area contributed by atoms with E-state index in [-0.39, 0.29) is 5.02 Å². The Balaban J connectivity index is 2.39. The van der Waals surface area contributed by atoms with E-state index in [1.54, 1.807) is 17.8 Å².